The van der Waals surface area contributed by atoms with Crippen molar-refractivity contribution < 1.29 is 0 Å². The predicted molar refractivity (Wildman–Crippen MR) is 79.9 cm³/mol. The number of nitrogens with zero attached hydrogens (tertiary/aromatic N) is 4. The molecule has 0 aliphatic heterocycles. The van der Waals surface area contributed by atoms with Gasteiger partial charge >= 0.3 is 0 Å². The van der Waals surface area contributed by atoms with E-state index in [1.165, 1.54) is 10.6 Å². The second-order valence-electron chi connectivity index (χ2n) is 4.75. The molecule has 104 valence electrons. The average Bonchev–Trinajstić information content (AvgIpc) is 2.91. The summed E-state index contributed by atoms with van der Waals surface area (Å²) in [6, 6.07) is 0.316. The van der Waals surface area contributed by atoms with Gasteiger partial charge in [-0.1, -0.05) is 11.6 Å². The van der Waals surface area contributed by atoms with Crippen LogP contribution >= 0.6 is 22.9 Å². The van der Waals surface area contributed by atoms with Gasteiger partial charge in [-0.25, -0.2) is 4.98 Å². The lowest BCUT2D eigenvalue weighted by atomic mass is 10.2. The molecule has 0 amide bonds. The topological polar surface area (TPSA) is 34.0 Å². The van der Waals surface area contributed by atoms with Gasteiger partial charge in [0.1, 0.15) is 0 Å². The maximum atomic E-state index is 5.85. The molecule has 2 rings (SSSR count). The first kappa shape index (κ1) is 14.5. The van der Waals surface area contributed by atoms with E-state index in [0.717, 1.165) is 18.1 Å². The molecule has 0 aromatic carbocycles. The molecule has 0 aliphatic rings. The van der Waals surface area contributed by atoms with Crippen molar-refractivity contribution in [1.82, 2.24) is 19.7 Å². The second kappa shape index (κ2) is 6.03. The number of thiazole rings is 1. The zero-order valence-electron chi connectivity index (χ0n) is 11.7. The van der Waals surface area contributed by atoms with E-state index in [4.69, 9.17) is 11.6 Å². The zero-order valence-corrected chi connectivity index (χ0v) is 13.3. The Balaban J connectivity index is 1.95. The number of halogens is 1. The van der Waals surface area contributed by atoms with E-state index < -0.39 is 0 Å². The monoisotopic (exact) mass is 298 g/mol. The molecule has 0 saturated carbocycles. The summed E-state index contributed by atoms with van der Waals surface area (Å²) in [6.07, 6.45) is 3.51. The van der Waals surface area contributed by atoms with Crippen LogP contribution < -0.4 is 0 Å². The smallest absolute Gasteiger partial charge is 0.0900 e. The molecule has 0 unspecified atom stereocenters. The van der Waals surface area contributed by atoms with Crippen LogP contribution in [0.2, 0.25) is 5.02 Å². The van der Waals surface area contributed by atoms with E-state index in [1.54, 1.807) is 17.5 Å². The highest BCUT2D eigenvalue weighted by atomic mass is 35.5. The first-order valence-electron chi connectivity index (χ1n) is 6.29. The van der Waals surface area contributed by atoms with Crippen molar-refractivity contribution in [2.75, 3.05) is 13.6 Å². The summed E-state index contributed by atoms with van der Waals surface area (Å²) in [5, 5.41) is 6.00. The second-order valence-corrected chi connectivity index (χ2v) is 6.60. The van der Waals surface area contributed by atoms with E-state index >= 15 is 0 Å². The van der Waals surface area contributed by atoms with Crippen LogP contribution in [0.15, 0.2) is 12.4 Å². The van der Waals surface area contributed by atoms with Gasteiger partial charge in [-0.2, -0.15) is 5.10 Å². The minimum absolute atomic E-state index is 0.316. The van der Waals surface area contributed by atoms with Gasteiger partial charge in [0.15, 0.2) is 0 Å². The molecular weight excluding hydrogens is 280 g/mol. The molecular formula is C13H19ClN4S. The third-order valence-corrected chi connectivity index (χ3v) is 4.38. The van der Waals surface area contributed by atoms with Crippen molar-refractivity contribution in [1.29, 1.82) is 0 Å². The Morgan fingerprint density at radius 1 is 1.47 bits per heavy atom. The quantitative estimate of drug-likeness (QED) is 0.849. The Kier molecular flexibility index (Phi) is 4.60. The molecule has 4 nitrogen and oxygen atoms in total. The van der Waals surface area contributed by atoms with Gasteiger partial charge in [-0.3, -0.25) is 9.58 Å². The first-order valence-corrected chi connectivity index (χ1v) is 7.49. The molecule has 0 saturated heterocycles. The third-order valence-electron chi connectivity index (χ3n) is 3.28. The molecule has 0 spiro atoms. The fourth-order valence-electron chi connectivity index (χ4n) is 2.06. The highest BCUT2D eigenvalue weighted by Gasteiger charge is 2.17. The van der Waals surface area contributed by atoms with Gasteiger partial charge in [-0.15, -0.1) is 11.3 Å². The van der Waals surface area contributed by atoms with Crippen molar-refractivity contribution in [3.05, 3.63) is 33.0 Å². The predicted octanol–water partition coefficient (Wildman–Crippen LogP) is 3.30. The Labute approximate surface area is 123 Å². The summed E-state index contributed by atoms with van der Waals surface area (Å²) in [6.45, 7) is 8.12. The lowest BCUT2D eigenvalue weighted by Crippen LogP contribution is -2.27. The van der Waals surface area contributed by atoms with E-state index in [-0.39, 0.29) is 0 Å². The highest BCUT2D eigenvalue weighted by molar-refractivity contribution is 7.11. The molecule has 0 radical (unpaired) electrons. The van der Waals surface area contributed by atoms with Gasteiger partial charge in [0.2, 0.25) is 0 Å². The number of aryl methyl sites for hydroxylation is 2. The number of likely N-dealkylation sites (N-methyl/N-ethyl adjacent to an activating group) is 1. The van der Waals surface area contributed by atoms with E-state index in [2.05, 4.69) is 42.8 Å². The minimum Gasteiger partial charge on any atom is -0.296 e. The van der Waals surface area contributed by atoms with Crippen LogP contribution in [0.25, 0.3) is 0 Å². The Bertz CT molecular complexity index is 549. The zero-order chi connectivity index (χ0) is 14.0. The molecule has 0 bridgehead atoms. The van der Waals surface area contributed by atoms with Crippen LogP contribution in [0.3, 0.4) is 0 Å². The summed E-state index contributed by atoms with van der Waals surface area (Å²) < 4.78 is 1.87. The lowest BCUT2D eigenvalue weighted by molar-refractivity contribution is 0.243. The van der Waals surface area contributed by atoms with Crippen LogP contribution in [-0.4, -0.2) is 33.3 Å². The van der Waals surface area contributed by atoms with Crippen LogP contribution in [0.5, 0.6) is 0 Å². The molecule has 6 heteroatoms. The molecule has 19 heavy (non-hydrogen) atoms. The third kappa shape index (κ3) is 3.55. The maximum absolute atomic E-state index is 5.85. The molecule has 2 heterocycles. The van der Waals surface area contributed by atoms with Crippen LogP contribution in [-0.2, 0) is 6.54 Å². The van der Waals surface area contributed by atoms with E-state index in [9.17, 15) is 0 Å². The molecule has 0 N–H and O–H groups in total. The standard InChI is InChI=1S/C13H19ClN4S/c1-9(13-10(2)19-11(3)16-13)17(4)5-6-18-8-12(14)7-15-18/h7-9H,5-6H2,1-4H3/t9-/m0/s1. The number of aromatic nitrogens is 3. The average molecular weight is 299 g/mol. The number of hydrogen-bond acceptors (Lipinski definition) is 4. The van der Waals surface area contributed by atoms with Crippen molar-refractivity contribution >= 4 is 22.9 Å². The number of hydrogen-bond donors (Lipinski definition) is 0. The van der Waals surface area contributed by atoms with Gasteiger partial charge in [-0.05, 0) is 27.8 Å². The van der Waals surface area contributed by atoms with Crippen LogP contribution in [0.4, 0.5) is 0 Å². The van der Waals surface area contributed by atoms with Crippen molar-refractivity contribution in [3.63, 3.8) is 0 Å². The summed E-state index contributed by atoms with van der Waals surface area (Å²) in [7, 11) is 2.11. The Morgan fingerprint density at radius 2 is 2.21 bits per heavy atom. The van der Waals surface area contributed by atoms with Crippen molar-refractivity contribution in [3.8, 4) is 0 Å². The van der Waals surface area contributed by atoms with E-state index in [0.29, 0.717) is 11.1 Å². The molecule has 1 atom stereocenters. The van der Waals surface area contributed by atoms with Gasteiger partial charge in [0.25, 0.3) is 0 Å². The fraction of sp³-hybridized carbons (Fsp3) is 0.538. The van der Waals surface area contributed by atoms with E-state index in [1.807, 2.05) is 10.9 Å². The maximum Gasteiger partial charge on any atom is 0.0900 e. The summed E-state index contributed by atoms with van der Waals surface area (Å²) in [4.78, 5) is 8.22. The SMILES string of the molecule is Cc1nc([C@H](C)N(C)CCn2cc(Cl)cn2)c(C)s1. The van der Waals surface area contributed by atoms with Crippen molar-refractivity contribution in [2.24, 2.45) is 0 Å². The van der Waals surface area contributed by atoms with Crippen LogP contribution in [0, 0.1) is 13.8 Å². The molecule has 2 aromatic heterocycles. The van der Waals surface area contributed by atoms with Gasteiger partial charge in [0.05, 0.1) is 34.5 Å². The summed E-state index contributed by atoms with van der Waals surface area (Å²) in [5.74, 6) is 0. The molecule has 2 aromatic rings. The fourth-order valence-corrected chi connectivity index (χ4v) is 3.12. The lowest BCUT2D eigenvalue weighted by Gasteiger charge is -2.23. The largest absolute Gasteiger partial charge is 0.296 e. The minimum atomic E-state index is 0.316. The van der Waals surface area contributed by atoms with Crippen molar-refractivity contribution in [2.45, 2.75) is 33.4 Å². The van der Waals surface area contributed by atoms with Crippen LogP contribution in [0.1, 0.15) is 28.5 Å². The Hall–Kier alpha value is -0.910. The normalized spacial score (nSPS) is 13.2. The molecule has 0 aliphatic carbocycles. The Morgan fingerprint density at radius 3 is 2.74 bits per heavy atom. The summed E-state index contributed by atoms with van der Waals surface area (Å²) in [5.41, 5.74) is 1.18. The van der Waals surface area contributed by atoms with Gasteiger partial charge in [0, 0.05) is 17.6 Å². The molecule has 0 fully saturated rings. The summed E-state index contributed by atoms with van der Waals surface area (Å²) >= 11 is 7.61. The number of rotatable bonds is 5. The van der Waals surface area contributed by atoms with Gasteiger partial charge < -0.3 is 0 Å². The first-order chi connectivity index (χ1) is 8.97. The highest BCUT2D eigenvalue weighted by Crippen LogP contribution is 2.25.